The zero-order valence-corrected chi connectivity index (χ0v) is 21.5. The highest BCUT2D eigenvalue weighted by molar-refractivity contribution is 9.10. The molecule has 0 aliphatic heterocycles. The van der Waals surface area contributed by atoms with E-state index in [2.05, 4.69) is 35.9 Å². The molecule has 0 spiro atoms. The molecule has 0 saturated carbocycles. The monoisotopic (exact) mass is 563 g/mol. The van der Waals surface area contributed by atoms with Crippen molar-refractivity contribution in [1.82, 2.24) is 24.5 Å². The molecule has 0 bridgehead atoms. The Morgan fingerprint density at radius 3 is 2.66 bits per heavy atom. The van der Waals surface area contributed by atoms with Crippen LogP contribution in [-0.2, 0) is 12.2 Å². The van der Waals surface area contributed by atoms with Crippen molar-refractivity contribution >= 4 is 27.5 Å². The largest absolute Gasteiger partial charge is 0.470 e. The number of hydrogen-bond donors (Lipinski definition) is 1. The van der Waals surface area contributed by atoms with Gasteiger partial charge in [0.2, 0.25) is 5.88 Å². The number of oxazole rings is 1. The van der Waals surface area contributed by atoms with Crippen LogP contribution in [0, 0.1) is 19.7 Å². The molecular weight excluding hydrogens is 545 g/mol. The molecule has 182 valence electrons. The van der Waals surface area contributed by atoms with Crippen molar-refractivity contribution < 1.29 is 18.7 Å². The van der Waals surface area contributed by atoms with E-state index in [4.69, 9.17) is 20.8 Å². The average Bonchev–Trinajstić information content (AvgIpc) is 3.21. The quantitative estimate of drug-likeness (QED) is 0.360. The molecule has 0 amide bonds. The highest BCUT2D eigenvalue weighted by Crippen LogP contribution is 2.30. The van der Waals surface area contributed by atoms with Gasteiger partial charge in [-0.3, -0.25) is 9.36 Å². The van der Waals surface area contributed by atoms with Crippen molar-refractivity contribution in [2.75, 3.05) is 0 Å². The molecule has 4 rings (SSSR count). The Hall–Kier alpha value is -3.15. The minimum Gasteiger partial charge on any atom is -0.470 e. The molecule has 4 aromatic rings. The fourth-order valence-corrected chi connectivity index (χ4v) is 3.86. The third kappa shape index (κ3) is 5.12. The van der Waals surface area contributed by atoms with Crippen LogP contribution < -0.4 is 10.3 Å². The third-order valence-corrected chi connectivity index (χ3v) is 5.94. The van der Waals surface area contributed by atoms with E-state index in [1.54, 1.807) is 19.9 Å². The Kier molecular flexibility index (Phi) is 6.76. The van der Waals surface area contributed by atoms with Gasteiger partial charge in [0, 0.05) is 12.5 Å². The number of hydrogen-bond acceptors (Lipinski definition) is 8. The van der Waals surface area contributed by atoms with Gasteiger partial charge < -0.3 is 14.3 Å². The summed E-state index contributed by atoms with van der Waals surface area (Å²) < 4.78 is 26.8. The maximum absolute atomic E-state index is 14.6. The zero-order chi connectivity index (χ0) is 25.5. The molecule has 1 aromatic carbocycles. The Balaban J connectivity index is 1.76. The standard InChI is InChI=1S/C23H20BrClFN5O4/c1-11-28-20(35-10-14-9-34-12(2)29-14)18(24)21(32)31(11)17-7-13(5-6-15(17)25)19-16(26)8-27-22(30-19)23(3,4)33/h5-9,33H,10H2,1-4H3. The summed E-state index contributed by atoms with van der Waals surface area (Å²) in [4.78, 5) is 29.8. The second-order valence-electron chi connectivity index (χ2n) is 8.18. The maximum Gasteiger partial charge on any atom is 0.276 e. The van der Waals surface area contributed by atoms with Crippen LogP contribution in [0.5, 0.6) is 5.88 Å². The molecule has 3 heterocycles. The fraction of sp³-hybridized carbons (Fsp3) is 0.261. The second kappa shape index (κ2) is 9.48. The topological polar surface area (TPSA) is 116 Å². The van der Waals surface area contributed by atoms with Gasteiger partial charge in [0.1, 0.15) is 40.2 Å². The summed E-state index contributed by atoms with van der Waals surface area (Å²) in [6.07, 6.45) is 2.44. The Morgan fingerprint density at radius 1 is 1.26 bits per heavy atom. The molecule has 35 heavy (non-hydrogen) atoms. The summed E-state index contributed by atoms with van der Waals surface area (Å²) in [5.74, 6) is 0.206. The lowest BCUT2D eigenvalue weighted by atomic mass is 10.1. The van der Waals surface area contributed by atoms with Crippen LogP contribution in [0.3, 0.4) is 0 Å². The Bertz CT molecular complexity index is 1480. The summed E-state index contributed by atoms with van der Waals surface area (Å²) >= 11 is 9.68. The van der Waals surface area contributed by atoms with Crippen molar-refractivity contribution in [2.24, 2.45) is 0 Å². The van der Waals surface area contributed by atoms with Gasteiger partial charge in [-0.05, 0) is 48.8 Å². The van der Waals surface area contributed by atoms with Gasteiger partial charge in [0.15, 0.2) is 17.5 Å². The van der Waals surface area contributed by atoms with Crippen molar-refractivity contribution in [3.63, 3.8) is 0 Å². The molecule has 0 aliphatic rings. The van der Waals surface area contributed by atoms with Gasteiger partial charge in [-0.2, -0.15) is 4.98 Å². The van der Waals surface area contributed by atoms with Crippen LogP contribution in [0.15, 0.2) is 44.3 Å². The summed E-state index contributed by atoms with van der Waals surface area (Å²) in [6, 6.07) is 4.60. The minimum atomic E-state index is -1.37. The summed E-state index contributed by atoms with van der Waals surface area (Å²) in [7, 11) is 0. The SMILES string of the molecule is Cc1nc(COc2nc(C)n(-c3cc(-c4nc(C(C)(C)O)ncc4F)ccc3Cl)c(=O)c2Br)co1. The molecule has 3 aromatic heterocycles. The van der Waals surface area contributed by atoms with E-state index >= 15 is 0 Å². The second-order valence-corrected chi connectivity index (χ2v) is 9.38. The number of aromatic nitrogens is 5. The summed E-state index contributed by atoms with van der Waals surface area (Å²) in [6.45, 7) is 6.37. The predicted octanol–water partition coefficient (Wildman–Crippen LogP) is 4.66. The zero-order valence-electron chi connectivity index (χ0n) is 19.1. The lowest BCUT2D eigenvalue weighted by Gasteiger charge is -2.17. The van der Waals surface area contributed by atoms with Crippen LogP contribution in [-0.4, -0.2) is 29.6 Å². The maximum atomic E-state index is 14.6. The van der Waals surface area contributed by atoms with E-state index in [0.29, 0.717) is 17.1 Å². The molecule has 1 N–H and O–H groups in total. The van der Waals surface area contributed by atoms with E-state index in [1.165, 1.54) is 36.8 Å². The van der Waals surface area contributed by atoms with Gasteiger partial charge in [0.25, 0.3) is 5.56 Å². The average molecular weight is 565 g/mol. The first kappa shape index (κ1) is 25.0. The Morgan fingerprint density at radius 2 is 2.00 bits per heavy atom. The first-order valence-corrected chi connectivity index (χ1v) is 11.5. The smallest absolute Gasteiger partial charge is 0.276 e. The third-order valence-electron chi connectivity index (χ3n) is 4.94. The van der Waals surface area contributed by atoms with Crippen molar-refractivity contribution in [1.29, 1.82) is 0 Å². The van der Waals surface area contributed by atoms with Crippen LogP contribution in [0.25, 0.3) is 16.9 Å². The lowest BCUT2D eigenvalue weighted by molar-refractivity contribution is 0.0686. The number of benzene rings is 1. The van der Waals surface area contributed by atoms with Gasteiger partial charge in [-0.25, -0.2) is 19.3 Å². The number of halogens is 3. The molecule has 0 atom stereocenters. The van der Waals surface area contributed by atoms with Crippen LogP contribution in [0.2, 0.25) is 5.02 Å². The van der Waals surface area contributed by atoms with Crippen molar-refractivity contribution in [3.05, 3.63) is 79.6 Å². The van der Waals surface area contributed by atoms with E-state index in [9.17, 15) is 14.3 Å². The van der Waals surface area contributed by atoms with E-state index in [0.717, 1.165) is 6.20 Å². The summed E-state index contributed by atoms with van der Waals surface area (Å²) in [5, 5.41) is 10.5. The van der Waals surface area contributed by atoms with E-state index in [1.807, 2.05) is 0 Å². The fourth-order valence-electron chi connectivity index (χ4n) is 3.27. The van der Waals surface area contributed by atoms with Gasteiger partial charge >= 0.3 is 0 Å². The molecule has 0 unspecified atom stereocenters. The van der Waals surface area contributed by atoms with Gasteiger partial charge in [-0.1, -0.05) is 17.7 Å². The number of nitrogens with zero attached hydrogens (tertiary/aromatic N) is 5. The highest BCUT2D eigenvalue weighted by atomic mass is 79.9. The first-order valence-electron chi connectivity index (χ1n) is 10.3. The number of aryl methyl sites for hydroxylation is 2. The van der Waals surface area contributed by atoms with E-state index in [-0.39, 0.29) is 45.0 Å². The molecule has 0 aliphatic carbocycles. The van der Waals surface area contributed by atoms with Crippen LogP contribution in [0.1, 0.15) is 37.1 Å². The molecular formula is C23H20BrClFN5O4. The number of ether oxygens (including phenoxy) is 1. The highest BCUT2D eigenvalue weighted by Gasteiger charge is 2.23. The lowest BCUT2D eigenvalue weighted by Crippen LogP contribution is -2.24. The molecule has 9 nitrogen and oxygen atoms in total. The molecule has 0 fully saturated rings. The number of aliphatic hydroxyl groups is 1. The van der Waals surface area contributed by atoms with Gasteiger partial charge in [0.05, 0.1) is 16.9 Å². The minimum absolute atomic E-state index is 0.0457. The first-order chi connectivity index (χ1) is 16.5. The van der Waals surface area contributed by atoms with Crippen LogP contribution >= 0.6 is 27.5 Å². The molecule has 0 saturated heterocycles. The van der Waals surface area contributed by atoms with Crippen molar-refractivity contribution in [3.8, 4) is 22.8 Å². The van der Waals surface area contributed by atoms with Crippen LogP contribution in [0.4, 0.5) is 4.39 Å². The number of rotatable bonds is 6. The summed E-state index contributed by atoms with van der Waals surface area (Å²) in [5.41, 5.74) is -0.759. The van der Waals surface area contributed by atoms with Gasteiger partial charge in [-0.15, -0.1) is 0 Å². The Labute approximate surface area is 212 Å². The van der Waals surface area contributed by atoms with Crippen molar-refractivity contribution in [2.45, 2.75) is 39.9 Å². The normalized spacial score (nSPS) is 11.7. The molecule has 0 radical (unpaired) electrons. The van der Waals surface area contributed by atoms with E-state index < -0.39 is 17.0 Å². The predicted molar refractivity (Wildman–Crippen MR) is 129 cm³/mol. The molecule has 12 heteroatoms.